The van der Waals surface area contributed by atoms with Crippen molar-refractivity contribution >= 4 is 16.8 Å². The summed E-state index contributed by atoms with van der Waals surface area (Å²) in [4.78, 5) is 25.2. The Kier molecular flexibility index (Phi) is 5.65. The van der Waals surface area contributed by atoms with Gasteiger partial charge in [-0.1, -0.05) is 35.5 Å². The van der Waals surface area contributed by atoms with Crippen LogP contribution in [0.4, 0.5) is 4.39 Å². The van der Waals surface area contributed by atoms with Crippen molar-refractivity contribution in [1.29, 1.82) is 0 Å². The van der Waals surface area contributed by atoms with Gasteiger partial charge in [-0.2, -0.15) is 5.10 Å². The van der Waals surface area contributed by atoms with Gasteiger partial charge < -0.3 is 5.32 Å². The molecule has 0 saturated carbocycles. The summed E-state index contributed by atoms with van der Waals surface area (Å²) in [6, 6.07) is 22.4. The first-order valence-electron chi connectivity index (χ1n) is 10.6. The Morgan fingerprint density at radius 1 is 0.941 bits per heavy atom. The Bertz CT molecular complexity index is 1530. The van der Waals surface area contributed by atoms with Crippen LogP contribution in [0.5, 0.6) is 0 Å². The van der Waals surface area contributed by atoms with Gasteiger partial charge in [0.05, 0.1) is 16.8 Å². The quantitative estimate of drug-likeness (QED) is 0.426. The fourth-order valence-corrected chi connectivity index (χ4v) is 3.62. The summed E-state index contributed by atoms with van der Waals surface area (Å²) in [5, 5.41) is 15.7. The molecule has 3 aromatic carbocycles. The molecular formula is C25H19FN6O2. The Balaban J connectivity index is 1.39. The SMILES string of the molecule is O=C(Cn1nnc2ccccc2c1=O)NCc1cn(-c2ccccc2)nc1-c1ccc(F)cc1. The lowest BCUT2D eigenvalue weighted by molar-refractivity contribution is -0.122. The summed E-state index contributed by atoms with van der Waals surface area (Å²) < 4.78 is 16.2. The first-order chi connectivity index (χ1) is 16.6. The van der Waals surface area contributed by atoms with E-state index in [2.05, 4.69) is 20.7 Å². The van der Waals surface area contributed by atoms with Crippen LogP contribution in [0.2, 0.25) is 0 Å². The van der Waals surface area contributed by atoms with Crippen molar-refractivity contribution in [3.8, 4) is 16.9 Å². The minimum Gasteiger partial charge on any atom is -0.350 e. The number of carbonyl (C=O) groups excluding carboxylic acids is 1. The maximum atomic E-state index is 13.4. The van der Waals surface area contributed by atoms with Crippen molar-refractivity contribution in [3.05, 3.63) is 107 Å². The number of hydrogen-bond acceptors (Lipinski definition) is 5. The highest BCUT2D eigenvalue weighted by Gasteiger charge is 2.15. The largest absolute Gasteiger partial charge is 0.350 e. The monoisotopic (exact) mass is 454 g/mol. The Hall–Kier alpha value is -4.66. The maximum Gasteiger partial charge on any atom is 0.278 e. The second kappa shape index (κ2) is 9.07. The van der Waals surface area contributed by atoms with Crippen LogP contribution in [0.1, 0.15) is 5.56 Å². The predicted molar refractivity (Wildman–Crippen MR) is 125 cm³/mol. The van der Waals surface area contributed by atoms with E-state index in [9.17, 15) is 14.0 Å². The van der Waals surface area contributed by atoms with Crippen molar-refractivity contribution in [2.45, 2.75) is 13.1 Å². The molecule has 9 heteroatoms. The van der Waals surface area contributed by atoms with Gasteiger partial charge in [-0.3, -0.25) is 9.59 Å². The molecule has 168 valence electrons. The highest BCUT2D eigenvalue weighted by molar-refractivity contribution is 5.78. The Labute approximate surface area is 193 Å². The van der Waals surface area contributed by atoms with Crippen LogP contribution < -0.4 is 10.9 Å². The third-order valence-electron chi connectivity index (χ3n) is 5.33. The van der Waals surface area contributed by atoms with Crippen molar-refractivity contribution in [2.24, 2.45) is 0 Å². The molecule has 0 saturated heterocycles. The lowest BCUT2D eigenvalue weighted by Gasteiger charge is -2.07. The van der Waals surface area contributed by atoms with Crippen LogP contribution in [-0.4, -0.2) is 30.7 Å². The lowest BCUT2D eigenvalue weighted by atomic mass is 10.1. The van der Waals surface area contributed by atoms with Gasteiger partial charge in [0, 0.05) is 23.9 Å². The summed E-state index contributed by atoms with van der Waals surface area (Å²) in [5.74, 6) is -0.743. The molecule has 8 nitrogen and oxygen atoms in total. The molecule has 0 bridgehead atoms. The molecule has 0 radical (unpaired) electrons. The van der Waals surface area contributed by atoms with Crippen molar-refractivity contribution in [1.82, 2.24) is 30.1 Å². The normalized spacial score (nSPS) is 11.0. The average Bonchev–Trinajstić information content (AvgIpc) is 3.30. The van der Waals surface area contributed by atoms with E-state index < -0.39 is 5.91 Å². The van der Waals surface area contributed by atoms with Crippen LogP contribution in [0.15, 0.2) is 89.9 Å². The van der Waals surface area contributed by atoms with E-state index in [-0.39, 0.29) is 24.5 Å². The highest BCUT2D eigenvalue weighted by Crippen LogP contribution is 2.24. The van der Waals surface area contributed by atoms with Crippen LogP contribution in [0.3, 0.4) is 0 Å². The van der Waals surface area contributed by atoms with Crippen LogP contribution >= 0.6 is 0 Å². The fourth-order valence-electron chi connectivity index (χ4n) is 3.62. The highest BCUT2D eigenvalue weighted by atomic mass is 19.1. The van der Waals surface area contributed by atoms with Gasteiger partial charge in [-0.15, -0.1) is 5.10 Å². The number of nitrogens with zero attached hydrogens (tertiary/aromatic N) is 5. The number of rotatable bonds is 6. The van der Waals surface area contributed by atoms with E-state index in [0.717, 1.165) is 21.5 Å². The minimum absolute atomic E-state index is 0.161. The molecule has 1 amide bonds. The van der Waals surface area contributed by atoms with Gasteiger partial charge in [0.2, 0.25) is 5.91 Å². The number of nitrogens with one attached hydrogen (secondary N) is 1. The zero-order valence-corrected chi connectivity index (χ0v) is 17.9. The maximum absolute atomic E-state index is 13.4. The van der Waals surface area contributed by atoms with Gasteiger partial charge in [0.15, 0.2) is 0 Å². The van der Waals surface area contributed by atoms with Gasteiger partial charge in [0.1, 0.15) is 17.9 Å². The Morgan fingerprint density at radius 2 is 1.68 bits per heavy atom. The van der Waals surface area contributed by atoms with E-state index in [4.69, 9.17) is 0 Å². The molecule has 5 aromatic rings. The third kappa shape index (κ3) is 4.31. The summed E-state index contributed by atoms with van der Waals surface area (Å²) in [6.07, 6.45) is 1.82. The number of amides is 1. The van der Waals surface area contributed by atoms with Crippen molar-refractivity contribution < 1.29 is 9.18 Å². The lowest BCUT2D eigenvalue weighted by Crippen LogP contribution is -2.34. The summed E-state index contributed by atoms with van der Waals surface area (Å²) in [7, 11) is 0. The van der Waals surface area contributed by atoms with Crippen molar-refractivity contribution in [2.75, 3.05) is 0 Å². The third-order valence-corrected chi connectivity index (χ3v) is 5.33. The second-order valence-electron chi connectivity index (χ2n) is 7.64. The molecule has 1 N–H and O–H groups in total. The van der Waals surface area contributed by atoms with Crippen molar-refractivity contribution in [3.63, 3.8) is 0 Å². The molecule has 0 aliphatic rings. The molecule has 2 heterocycles. The number of benzene rings is 3. The molecule has 0 aliphatic heterocycles. The number of halogens is 1. The number of aromatic nitrogens is 5. The summed E-state index contributed by atoms with van der Waals surface area (Å²) in [5.41, 5.74) is 3.01. The van der Waals surface area contributed by atoms with E-state index >= 15 is 0 Å². The molecule has 0 aliphatic carbocycles. The number of carbonyl (C=O) groups is 1. The standard InChI is InChI=1S/C25H19FN6O2/c26-19-12-10-17(11-13-19)24-18(15-31(29-24)20-6-2-1-3-7-20)14-27-23(33)16-32-25(34)21-8-4-5-9-22(21)28-30-32/h1-13,15H,14,16H2,(H,27,33). The van der Waals surface area contributed by atoms with Gasteiger partial charge in [-0.05, 0) is 48.5 Å². The first kappa shape index (κ1) is 21.2. The predicted octanol–water partition coefficient (Wildman–Crippen LogP) is 3.10. The van der Waals surface area contributed by atoms with E-state index in [1.54, 1.807) is 41.1 Å². The van der Waals surface area contributed by atoms with Crippen LogP contribution in [-0.2, 0) is 17.9 Å². The zero-order chi connectivity index (χ0) is 23.5. The van der Waals surface area contributed by atoms with Crippen LogP contribution in [0.25, 0.3) is 27.8 Å². The van der Waals surface area contributed by atoms with E-state index in [1.807, 2.05) is 36.5 Å². The molecule has 0 fully saturated rings. The molecule has 2 aromatic heterocycles. The smallest absolute Gasteiger partial charge is 0.278 e. The first-order valence-corrected chi connectivity index (χ1v) is 10.6. The average molecular weight is 454 g/mol. The second-order valence-corrected chi connectivity index (χ2v) is 7.64. The van der Waals surface area contributed by atoms with Gasteiger partial charge >= 0.3 is 0 Å². The molecule has 0 spiro atoms. The van der Waals surface area contributed by atoms with Crippen LogP contribution in [0, 0.1) is 5.82 Å². The molecule has 0 unspecified atom stereocenters. The molecule has 0 atom stereocenters. The van der Waals surface area contributed by atoms with Gasteiger partial charge in [-0.25, -0.2) is 13.8 Å². The number of para-hydroxylation sites is 1. The Morgan fingerprint density at radius 3 is 2.47 bits per heavy atom. The topological polar surface area (TPSA) is 94.7 Å². The van der Waals surface area contributed by atoms with E-state index in [0.29, 0.717) is 16.6 Å². The number of fused-ring (bicyclic) bond motifs is 1. The molecule has 5 rings (SSSR count). The summed E-state index contributed by atoms with van der Waals surface area (Å²) >= 11 is 0. The zero-order valence-electron chi connectivity index (χ0n) is 17.9. The summed E-state index contributed by atoms with van der Waals surface area (Å²) in [6.45, 7) is -0.108. The number of hydrogen-bond donors (Lipinski definition) is 1. The molecular weight excluding hydrogens is 435 g/mol. The molecule has 34 heavy (non-hydrogen) atoms. The fraction of sp³-hybridized carbons (Fsp3) is 0.0800. The van der Waals surface area contributed by atoms with Gasteiger partial charge in [0.25, 0.3) is 5.56 Å². The minimum atomic E-state index is -0.399. The van der Waals surface area contributed by atoms with E-state index in [1.165, 1.54) is 12.1 Å².